The van der Waals surface area contributed by atoms with Gasteiger partial charge < -0.3 is 5.73 Å². The van der Waals surface area contributed by atoms with Crippen LogP contribution in [0.5, 0.6) is 0 Å². The zero-order chi connectivity index (χ0) is 12.5. The Kier molecular flexibility index (Phi) is 5.79. The lowest BCUT2D eigenvalue weighted by Gasteiger charge is -2.09. The summed E-state index contributed by atoms with van der Waals surface area (Å²) in [5.74, 6) is 0.0157. The summed E-state index contributed by atoms with van der Waals surface area (Å²) < 4.78 is 0. The third-order valence-corrected chi connectivity index (χ3v) is 2.46. The molecule has 1 unspecified atom stereocenters. The van der Waals surface area contributed by atoms with Crippen molar-refractivity contribution in [2.45, 2.75) is 25.3 Å². The summed E-state index contributed by atoms with van der Waals surface area (Å²) in [4.78, 5) is 14.3. The first kappa shape index (κ1) is 13.2. The molecule has 0 radical (unpaired) electrons. The van der Waals surface area contributed by atoms with E-state index in [1.165, 1.54) is 0 Å². The first-order chi connectivity index (χ1) is 8.24. The highest BCUT2D eigenvalue weighted by Crippen LogP contribution is 2.04. The molecule has 0 heterocycles. The van der Waals surface area contributed by atoms with Gasteiger partial charge >= 0.3 is 0 Å². The maximum atomic E-state index is 11.7. The van der Waals surface area contributed by atoms with Gasteiger partial charge in [-0.2, -0.15) is 0 Å². The van der Waals surface area contributed by atoms with Crippen LogP contribution in [0.3, 0.4) is 0 Å². The summed E-state index contributed by atoms with van der Waals surface area (Å²) >= 11 is 0. The minimum absolute atomic E-state index is 0.0157. The number of carbonyl (C=O) groups excluding carboxylic acids is 1. The smallest absolute Gasteiger partial charge is 0.149 e. The fraction of sp³-hybridized carbons (Fsp3) is 0.417. The average molecular weight is 232 g/mol. The van der Waals surface area contributed by atoms with Gasteiger partial charge in [-0.15, -0.1) is 0 Å². The molecule has 5 nitrogen and oxygen atoms in total. The van der Waals surface area contributed by atoms with Crippen molar-refractivity contribution in [3.63, 3.8) is 0 Å². The summed E-state index contributed by atoms with van der Waals surface area (Å²) in [7, 11) is 0. The van der Waals surface area contributed by atoms with Crippen LogP contribution in [0, 0.1) is 0 Å². The summed E-state index contributed by atoms with van der Waals surface area (Å²) in [5.41, 5.74) is 15.0. The summed E-state index contributed by atoms with van der Waals surface area (Å²) in [6.07, 6.45) is 1.49. The molecule has 1 atom stereocenters. The predicted molar refractivity (Wildman–Crippen MR) is 66.4 cm³/mol. The molecular formula is C12H16N4O. The number of Topliss-reactive ketones (excluding diaryl/α,β-unsaturated/α-hetero) is 1. The predicted octanol–water partition coefficient (Wildman–Crippen LogP) is 2.22. The van der Waals surface area contributed by atoms with Gasteiger partial charge in [-0.05, 0) is 23.9 Å². The Morgan fingerprint density at radius 2 is 2.12 bits per heavy atom. The lowest BCUT2D eigenvalue weighted by atomic mass is 10.0. The summed E-state index contributed by atoms with van der Waals surface area (Å²) in [6.45, 7) is 0.348. The SMILES string of the molecule is [N-]=[N+]=NCCCC(=O)C(N)Cc1ccccc1. The third kappa shape index (κ3) is 5.15. The number of nitrogens with two attached hydrogens (primary N) is 1. The van der Waals surface area contributed by atoms with Crippen molar-refractivity contribution in [3.8, 4) is 0 Å². The van der Waals surface area contributed by atoms with Gasteiger partial charge in [0.05, 0.1) is 6.04 Å². The van der Waals surface area contributed by atoms with Gasteiger partial charge in [0, 0.05) is 17.9 Å². The average Bonchev–Trinajstić information content (AvgIpc) is 2.35. The van der Waals surface area contributed by atoms with E-state index in [0.717, 1.165) is 5.56 Å². The van der Waals surface area contributed by atoms with Crippen LogP contribution >= 0.6 is 0 Å². The molecule has 0 aliphatic rings. The molecule has 2 N–H and O–H groups in total. The topological polar surface area (TPSA) is 91.9 Å². The molecule has 0 aliphatic carbocycles. The number of ketones is 1. The van der Waals surface area contributed by atoms with E-state index < -0.39 is 6.04 Å². The standard InChI is InChI=1S/C12H16N4O/c13-11(9-10-5-2-1-3-6-10)12(17)7-4-8-15-16-14/h1-3,5-6,11H,4,7-9,13H2. The second-order valence-corrected chi connectivity index (χ2v) is 3.82. The normalized spacial score (nSPS) is 11.6. The Morgan fingerprint density at radius 1 is 1.41 bits per heavy atom. The van der Waals surface area contributed by atoms with Crippen molar-refractivity contribution in [3.05, 3.63) is 46.3 Å². The molecule has 0 amide bonds. The van der Waals surface area contributed by atoms with E-state index in [9.17, 15) is 4.79 Å². The molecule has 90 valence electrons. The lowest BCUT2D eigenvalue weighted by molar-refractivity contribution is -0.120. The van der Waals surface area contributed by atoms with Crippen LogP contribution in [0.1, 0.15) is 18.4 Å². The van der Waals surface area contributed by atoms with Gasteiger partial charge in [-0.3, -0.25) is 4.79 Å². The van der Waals surface area contributed by atoms with Crippen LogP contribution < -0.4 is 5.73 Å². The number of benzene rings is 1. The van der Waals surface area contributed by atoms with Gasteiger partial charge in [0.1, 0.15) is 5.78 Å². The van der Waals surface area contributed by atoms with E-state index in [1.807, 2.05) is 30.3 Å². The summed E-state index contributed by atoms with van der Waals surface area (Å²) in [5, 5.41) is 3.37. The zero-order valence-corrected chi connectivity index (χ0v) is 9.62. The number of rotatable bonds is 7. The minimum atomic E-state index is -0.469. The van der Waals surface area contributed by atoms with Crippen LogP contribution in [-0.2, 0) is 11.2 Å². The molecule has 1 rings (SSSR count). The Hall–Kier alpha value is -1.84. The fourth-order valence-corrected chi connectivity index (χ4v) is 1.54. The van der Waals surface area contributed by atoms with Gasteiger partial charge in [-0.25, -0.2) is 0 Å². The summed E-state index contributed by atoms with van der Waals surface area (Å²) in [6, 6.07) is 9.21. The number of hydrogen-bond acceptors (Lipinski definition) is 3. The second kappa shape index (κ2) is 7.44. The maximum absolute atomic E-state index is 11.7. The van der Waals surface area contributed by atoms with Crippen molar-refractivity contribution in [1.29, 1.82) is 0 Å². The Bertz CT molecular complexity index is 398. The molecule has 5 heteroatoms. The number of carbonyl (C=O) groups is 1. The molecular weight excluding hydrogens is 216 g/mol. The van der Waals surface area contributed by atoms with Crippen LogP contribution in [-0.4, -0.2) is 18.4 Å². The molecule has 1 aromatic rings. The molecule has 0 saturated carbocycles. The third-order valence-electron chi connectivity index (χ3n) is 2.46. The number of nitrogens with zero attached hydrogens (tertiary/aromatic N) is 3. The van der Waals surface area contributed by atoms with Crippen molar-refractivity contribution in [1.82, 2.24) is 0 Å². The van der Waals surface area contributed by atoms with E-state index in [1.54, 1.807) is 0 Å². The van der Waals surface area contributed by atoms with E-state index >= 15 is 0 Å². The van der Waals surface area contributed by atoms with E-state index in [4.69, 9.17) is 11.3 Å². The fourth-order valence-electron chi connectivity index (χ4n) is 1.54. The van der Waals surface area contributed by atoms with Gasteiger partial charge in [0.2, 0.25) is 0 Å². The van der Waals surface area contributed by atoms with Gasteiger partial charge in [0.25, 0.3) is 0 Å². The van der Waals surface area contributed by atoms with Crippen molar-refractivity contribution < 1.29 is 4.79 Å². The Balaban J connectivity index is 2.34. The molecule has 17 heavy (non-hydrogen) atoms. The van der Waals surface area contributed by atoms with Crippen molar-refractivity contribution >= 4 is 5.78 Å². The van der Waals surface area contributed by atoms with Crippen molar-refractivity contribution in [2.24, 2.45) is 10.8 Å². The Labute approximate surface area is 100 Å². The van der Waals surface area contributed by atoms with Crippen LogP contribution in [0.4, 0.5) is 0 Å². The van der Waals surface area contributed by atoms with Crippen molar-refractivity contribution in [2.75, 3.05) is 6.54 Å². The molecule has 0 fully saturated rings. The first-order valence-electron chi connectivity index (χ1n) is 5.57. The molecule has 0 aliphatic heterocycles. The zero-order valence-electron chi connectivity index (χ0n) is 9.62. The monoisotopic (exact) mass is 232 g/mol. The second-order valence-electron chi connectivity index (χ2n) is 3.82. The number of azide groups is 1. The molecule has 0 spiro atoms. The molecule has 0 saturated heterocycles. The highest BCUT2D eigenvalue weighted by Gasteiger charge is 2.13. The number of hydrogen-bond donors (Lipinski definition) is 1. The van der Waals surface area contributed by atoms with Crippen LogP contribution in [0.25, 0.3) is 10.4 Å². The maximum Gasteiger partial charge on any atom is 0.149 e. The van der Waals surface area contributed by atoms with Crippen LogP contribution in [0.15, 0.2) is 35.4 Å². The van der Waals surface area contributed by atoms with E-state index in [0.29, 0.717) is 25.8 Å². The largest absolute Gasteiger partial charge is 0.321 e. The van der Waals surface area contributed by atoms with Gasteiger partial charge in [0.15, 0.2) is 0 Å². The minimum Gasteiger partial charge on any atom is -0.321 e. The highest BCUT2D eigenvalue weighted by atomic mass is 16.1. The Morgan fingerprint density at radius 3 is 2.76 bits per heavy atom. The van der Waals surface area contributed by atoms with Gasteiger partial charge in [-0.1, -0.05) is 35.4 Å². The van der Waals surface area contributed by atoms with Crippen LogP contribution in [0.2, 0.25) is 0 Å². The molecule has 0 aromatic heterocycles. The highest BCUT2D eigenvalue weighted by molar-refractivity contribution is 5.84. The lowest BCUT2D eigenvalue weighted by Crippen LogP contribution is -2.32. The van der Waals surface area contributed by atoms with E-state index in [2.05, 4.69) is 10.0 Å². The molecule has 1 aromatic carbocycles. The first-order valence-corrected chi connectivity index (χ1v) is 5.57. The quantitative estimate of drug-likeness (QED) is 0.338. The van der Waals surface area contributed by atoms with E-state index in [-0.39, 0.29) is 5.78 Å². The molecule has 0 bridgehead atoms.